The van der Waals surface area contributed by atoms with Crippen molar-refractivity contribution in [2.45, 2.75) is 0 Å². The first-order chi connectivity index (χ1) is 11.7. The van der Waals surface area contributed by atoms with Gasteiger partial charge >= 0.3 is 0 Å². The van der Waals surface area contributed by atoms with Gasteiger partial charge in [0.15, 0.2) is 5.13 Å². The molecule has 3 rings (SSSR count). The summed E-state index contributed by atoms with van der Waals surface area (Å²) in [7, 11) is 4.94. The number of anilines is 2. The van der Waals surface area contributed by atoms with Crippen molar-refractivity contribution < 1.29 is 14.2 Å². The fourth-order valence-corrected chi connectivity index (χ4v) is 3.02. The number of methoxy groups -OCH3 is 3. The van der Waals surface area contributed by atoms with Crippen molar-refractivity contribution in [3.63, 3.8) is 0 Å². The second kappa shape index (κ2) is 7.23. The van der Waals surface area contributed by atoms with Gasteiger partial charge in [0, 0.05) is 22.7 Å². The standard InChI is InChI=1S/C18H18N2O3S/c1-21-13-6-4-5-12(9-13)19-18-20-16(11-24-18)15-10-14(22-2)7-8-17(15)23-3/h4-11H,1-3H3,(H,19,20). The Balaban J connectivity index is 1.87. The van der Waals surface area contributed by atoms with Crippen molar-refractivity contribution in [3.05, 3.63) is 47.8 Å². The van der Waals surface area contributed by atoms with E-state index >= 15 is 0 Å². The van der Waals surface area contributed by atoms with E-state index in [1.165, 1.54) is 11.3 Å². The average Bonchev–Trinajstić information content (AvgIpc) is 3.09. The number of benzene rings is 2. The van der Waals surface area contributed by atoms with Crippen molar-refractivity contribution in [1.82, 2.24) is 4.98 Å². The van der Waals surface area contributed by atoms with Crippen LogP contribution in [0.4, 0.5) is 10.8 Å². The van der Waals surface area contributed by atoms with E-state index in [1.807, 2.05) is 47.8 Å². The van der Waals surface area contributed by atoms with Crippen molar-refractivity contribution in [2.24, 2.45) is 0 Å². The monoisotopic (exact) mass is 342 g/mol. The van der Waals surface area contributed by atoms with Gasteiger partial charge in [0.25, 0.3) is 0 Å². The first-order valence-corrected chi connectivity index (χ1v) is 8.20. The van der Waals surface area contributed by atoms with Gasteiger partial charge in [-0.3, -0.25) is 0 Å². The quantitative estimate of drug-likeness (QED) is 0.710. The van der Waals surface area contributed by atoms with Gasteiger partial charge in [-0.1, -0.05) is 6.07 Å². The molecule has 1 aromatic heterocycles. The molecule has 1 heterocycles. The molecule has 24 heavy (non-hydrogen) atoms. The van der Waals surface area contributed by atoms with E-state index in [0.717, 1.165) is 39.3 Å². The van der Waals surface area contributed by atoms with Crippen LogP contribution in [0.15, 0.2) is 47.8 Å². The number of rotatable bonds is 6. The lowest BCUT2D eigenvalue weighted by atomic mass is 10.1. The number of ether oxygens (including phenoxy) is 3. The lowest BCUT2D eigenvalue weighted by Crippen LogP contribution is -1.92. The summed E-state index contributed by atoms with van der Waals surface area (Å²) in [5, 5.41) is 6.07. The topological polar surface area (TPSA) is 52.6 Å². The molecule has 6 heteroatoms. The number of thiazole rings is 1. The SMILES string of the molecule is COc1cccc(Nc2nc(-c3cc(OC)ccc3OC)cs2)c1. The Hall–Kier alpha value is -2.73. The number of aromatic nitrogens is 1. The van der Waals surface area contributed by atoms with E-state index in [4.69, 9.17) is 14.2 Å². The zero-order chi connectivity index (χ0) is 16.9. The number of nitrogens with one attached hydrogen (secondary N) is 1. The van der Waals surface area contributed by atoms with Crippen molar-refractivity contribution in [1.29, 1.82) is 0 Å². The predicted octanol–water partition coefficient (Wildman–Crippen LogP) is 4.58. The van der Waals surface area contributed by atoms with Crippen LogP contribution in [0.5, 0.6) is 17.2 Å². The molecule has 0 aliphatic carbocycles. The molecule has 0 bridgehead atoms. The molecule has 124 valence electrons. The third-order valence-corrected chi connectivity index (χ3v) is 4.27. The molecule has 1 N–H and O–H groups in total. The maximum Gasteiger partial charge on any atom is 0.187 e. The molecule has 0 spiro atoms. The van der Waals surface area contributed by atoms with Gasteiger partial charge < -0.3 is 19.5 Å². The number of hydrogen-bond acceptors (Lipinski definition) is 6. The lowest BCUT2D eigenvalue weighted by Gasteiger charge is -2.08. The summed E-state index contributed by atoms with van der Waals surface area (Å²) in [5.41, 5.74) is 2.65. The second-order valence-corrected chi connectivity index (χ2v) is 5.82. The molecule has 0 saturated carbocycles. The Bertz CT molecular complexity index is 833. The molecule has 0 unspecified atom stereocenters. The van der Waals surface area contributed by atoms with Crippen molar-refractivity contribution >= 4 is 22.2 Å². The van der Waals surface area contributed by atoms with Crippen LogP contribution < -0.4 is 19.5 Å². The van der Waals surface area contributed by atoms with Crippen LogP contribution in [-0.2, 0) is 0 Å². The highest BCUT2D eigenvalue weighted by molar-refractivity contribution is 7.14. The highest BCUT2D eigenvalue weighted by Gasteiger charge is 2.12. The van der Waals surface area contributed by atoms with Crippen molar-refractivity contribution in [3.8, 4) is 28.5 Å². The Morgan fingerprint density at radius 2 is 1.71 bits per heavy atom. The third-order valence-electron chi connectivity index (χ3n) is 3.51. The minimum absolute atomic E-state index is 0.758. The molecule has 3 aromatic rings. The van der Waals surface area contributed by atoms with Gasteiger partial charge in [0.05, 0.1) is 27.0 Å². The summed E-state index contributed by atoms with van der Waals surface area (Å²) in [4.78, 5) is 4.65. The zero-order valence-electron chi connectivity index (χ0n) is 13.7. The Labute approximate surface area is 144 Å². The van der Waals surface area contributed by atoms with Gasteiger partial charge in [-0.05, 0) is 30.3 Å². The summed E-state index contributed by atoms with van der Waals surface area (Å²) in [6.07, 6.45) is 0. The minimum Gasteiger partial charge on any atom is -0.497 e. The third kappa shape index (κ3) is 3.44. The molecule has 0 amide bonds. The molecule has 0 atom stereocenters. The molecular weight excluding hydrogens is 324 g/mol. The lowest BCUT2D eigenvalue weighted by molar-refractivity contribution is 0.404. The molecular formula is C18H18N2O3S. The van der Waals surface area contributed by atoms with E-state index in [0.29, 0.717) is 0 Å². The minimum atomic E-state index is 0.758. The summed E-state index contributed by atoms with van der Waals surface area (Å²) in [6.45, 7) is 0. The molecule has 0 fully saturated rings. The van der Waals surface area contributed by atoms with Gasteiger partial charge in [-0.25, -0.2) is 4.98 Å². The molecule has 2 aromatic carbocycles. The number of hydrogen-bond donors (Lipinski definition) is 1. The first-order valence-electron chi connectivity index (χ1n) is 7.32. The Morgan fingerprint density at radius 1 is 0.917 bits per heavy atom. The highest BCUT2D eigenvalue weighted by Crippen LogP contribution is 2.35. The smallest absolute Gasteiger partial charge is 0.187 e. The van der Waals surface area contributed by atoms with Crippen LogP contribution >= 0.6 is 11.3 Å². The second-order valence-electron chi connectivity index (χ2n) is 4.96. The van der Waals surface area contributed by atoms with E-state index in [9.17, 15) is 0 Å². The Morgan fingerprint density at radius 3 is 2.46 bits per heavy atom. The van der Waals surface area contributed by atoms with Crippen LogP contribution in [0, 0.1) is 0 Å². The summed E-state index contributed by atoms with van der Waals surface area (Å²) < 4.78 is 16.0. The van der Waals surface area contributed by atoms with Gasteiger partial charge in [0.2, 0.25) is 0 Å². The fraction of sp³-hybridized carbons (Fsp3) is 0.167. The van der Waals surface area contributed by atoms with E-state index < -0.39 is 0 Å². The van der Waals surface area contributed by atoms with Gasteiger partial charge in [-0.15, -0.1) is 11.3 Å². The molecule has 0 aliphatic rings. The van der Waals surface area contributed by atoms with E-state index in [2.05, 4.69) is 10.3 Å². The largest absolute Gasteiger partial charge is 0.497 e. The summed E-state index contributed by atoms with van der Waals surface area (Å²) in [6, 6.07) is 13.4. The molecule has 0 saturated heterocycles. The average molecular weight is 342 g/mol. The fourth-order valence-electron chi connectivity index (χ4n) is 2.29. The predicted molar refractivity (Wildman–Crippen MR) is 96.9 cm³/mol. The van der Waals surface area contributed by atoms with Crippen molar-refractivity contribution in [2.75, 3.05) is 26.6 Å². The van der Waals surface area contributed by atoms with Crippen LogP contribution in [0.2, 0.25) is 0 Å². The maximum absolute atomic E-state index is 5.43. The normalized spacial score (nSPS) is 10.3. The van der Waals surface area contributed by atoms with Crippen LogP contribution in [-0.4, -0.2) is 26.3 Å². The molecule has 5 nitrogen and oxygen atoms in total. The first kappa shape index (κ1) is 16.1. The maximum atomic E-state index is 5.43. The van der Waals surface area contributed by atoms with E-state index in [-0.39, 0.29) is 0 Å². The summed E-state index contributed by atoms with van der Waals surface area (Å²) in [5.74, 6) is 2.32. The van der Waals surface area contributed by atoms with Crippen LogP contribution in [0.3, 0.4) is 0 Å². The van der Waals surface area contributed by atoms with Crippen LogP contribution in [0.25, 0.3) is 11.3 Å². The Kier molecular flexibility index (Phi) is 4.86. The summed E-state index contributed by atoms with van der Waals surface area (Å²) >= 11 is 1.53. The van der Waals surface area contributed by atoms with Crippen LogP contribution in [0.1, 0.15) is 0 Å². The highest BCUT2D eigenvalue weighted by atomic mass is 32.1. The molecule has 0 radical (unpaired) electrons. The van der Waals surface area contributed by atoms with Gasteiger partial charge in [-0.2, -0.15) is 0 Å². The number of nitrogens with zero attached hydrogens (tertiary/aromatic N) is 1. The van der Waals surface area contributed by atoms with Gasteiger partial charge in [0.1, 0.15) is 17.2 Å². The van der Waals surface area contributed by atoms with E-state index in [1.54, 1.807) is 21.3 Å². The molecule has 0 aliphatic heterocycles. The zero-order valence-corrected chi connectivity index (χ0v) is 14.5.